The first kappa shape index (κ1) is 10.4. The van der Waals surface area contributed by atoms with Crippen molar-refractivity contribution < 1.29 is 4.79 Å². The number of carbonyl (C=O) groups is 1. The third-order valence-corrected chi connectivity index (χ3v) is 2.60. The molecule has 16 heavy (non-hydrogen) atoms. The van der Waals surface area contributed by atoms with Gasteiger partial charge in [0.25, 0.3) is 0 Å². The van der Waals surface area contributed by atoms with Crippen LogP contribution in [0.15, 0.2) is 12.3 Å². The second-order valence-electron chi connectivity index (χ2n) is 3.61. The maximum atomic E-state index is 11.2. The predicted octanol–water partition coefficient (Wildman–Crippen LogP) is -0.198. The Kier molecular flexibility index (Phi) is 2.68. The van der Waals surface area contributed by atoms with E-state index in [1.165, 1.54) is 12.3 Å². The summed E-state index contributed by atoms with van der Waals surface area (Å²) in [7, 11) is 0. The van der Waals surface area contributed by atoms with Crippen LogP contribution in [-0.4, -0.2) is 28.5 Å². The van der Waals surface area contributed by atoms with Crippen molar-refractivity contribution in [3.63, 3.8) is 0 Å². The molecule has 1 amide bonds. The van der Waals surface area contributed by atoms with Crippen LogP contribution in [0.2, 0.25) is 0 Å². The van der Waals surface area contributed by atoms with Gasteiger partial charge in [0.1, 0.15) is 17.8 Å². The molecule has 0 aromatic carbocycles. The average Bonchev–Trinajstić information content (AvgIpc) is 2.78. The fourth-order valence-corrected chi connectivity index (χ4v) is 1.85. The first-order valence-corrected chi connectivity index (χ1v) is 5.01. The number of anilines is 1. The highest BCUT2D eigenvalue weighted by Gasteiger charge is 2.30. The van der Waals surface area contributed by atoms with E-state index in [2.05, 4.69) is 9.97 Å². The van der Waals surface area contributed by atoms with E-state index >= 15 is 0 Å². The maximum Gasteiger partial charge on any atom is 0.240 e. The Hall–Kier alpha value is -2.16. The summed E-state index contributed by atoms with van der Waals surface area (Å²) in [5, 5.41) is 8.73. The zero-order valence-corrected chi connectivity index (χ0v) is 8.63. The molecule has 0 saturated carbocycles. The molecule has 0 bridgehead atoms. The van der Waals surface area contributed by atoms with Gasteiger partial charge in [0.2, 0.25) is 11.9 Å². The number of hydrogen-bond acceptors (Lipinski definition) is 5. The number of aromatic nitrogens is 2. The van der Waals surface area contributed by atoms with Crippen LogP contribution in [0.1, 0.15) is 18.5 Å². The minimum atomic E-state index is -0.372. The van der Waals surface area contributed by atoms with Crippen LogP contribution in [-0.2, 0) is 4.79 Å². The Balaban J connectivity index is 2.29. The molecule has 2 heterocycles. The SMILES string of the molecule is N#Cc1ccnc(N2CCCC2C(N)=O)n1. The minimum absolute atomic E-state index is 0.292. The number of rotatable bonds is 2. The van der Waals surface area contributed by atoms with Crippen LogP contribution < -0.4 is 10.6 Å². The third-order valence-electron chi connectivity index (χ3n) is 2.60. The zero-order valence-electron chi connectivity index (χ0n) is 8.63. The minimum Gasteiger partial charge on any atom is -0.368 e. The summed E-state index contributed by atoms with van der Waals surface area (Å²) in [4.78, 5) is 21.1. The summed E-state index contributed by atoms with van der Waals surface area (Å²) in [5.74, 6) is 0.0313. The molecule has 1 aromatic heterocycles. The lowest BCUT2D eigenvalue weighted by atomic mass is 10.2. The Morgan fingerprint density at radius 1 is 1.69 bits per heavy atom. The molecule has 1 unspecified atom stereocenters. The van der Waals surface area contributed by atoms with E-state index in [1.807, 2.05) is 6.07 Å². The molecule has 1 aliphatic rings. The van der Waals surface area contributed by atoms with Gasteiger partial charge in [-0.2, -0.15) is 5.26 Å². The maximum absolute atomic E-state index is 11.2. The molecule has 82 valence electrons. The van der Waals surface area contributed by atoms with Crippen LogP contribution in [0.5, 0.6) is 0 Å². The van der Waals surface area contributed by atoms with Crippen LogP contribution in [0.4, 0.5) is 5.95 Å². The Labute approximate surface area is 92.7 Å². The summed E-state index contributed by atoms with van der Waals surface area (Å²) in [6.07, 6.45) is 3.11. The van der Waals surface area contributed by atoms with Crippen LogP contribution in [0, 0.1) is 11.3 Å². The quantitative estimate of drug-likeness (QED) is 0.740. The fourth-order valence-electron chi connectivity index (χ4n) is 1.85. The molecule has 1 fully saturated rings. The molecule has 0 spiro atoms. The average molecular weight is 217 g/mol. The Morgan fingerprint density at radius 3 is 3.19 bits per heavy atom. The summed E-state index contributed by atoms with van der Waals surface area (Å²) >= 11 is 0. The standard InChI is InChI=1S/C10H11N5O/c11-6-7-3-4-13-10(14-7)15-5-1-2-8(15)9(12)16/h3-4,8H,1-2,5H2,(H2,12,16). The van der Waals surface area contributed by atoms with E-state index < -0.39 is 0 Å². The van der Waals surface area contributed by atoms with Crippen LogP contribution in [0.25, 0.3) is 0 Å². The van der Waals surface area contributed by atoms with E-state index in [0.717, 1.165) is 12.8 Å². The highest BCUT2D eigenvalue weighted by molar-refractivity contribution is 5.83. The first-order valence-electron chi connectivity index (χ1n) is 5.01. The Bertz CT molecular complexity index is 453. The van der Waals surface area contributed by atoms with Gasteiger partial charge in [-0.05, 0) is 18.9 Å². The number of nitrogens with zero attached hydrogens (tertiary/aromatic N) is 4. The molecule has 0 aliphatic carbocycles. The lowest BCUT2D eigenvalue weighted by Crippen LogP contribution is -2.41. The molecule has 1 atom stereocenters. The zero-order chi connectivity index (χ0) is 11.5. The largest absolute Gasteiger partial charge is 0.368 e. The van der Waals surface area contributed by atoms with E-state index in [1.54, 1.807) is 4.90 Å². The van der Waals surface area contributed by atoms with Gasteiger partial charge in [-0.3, -0.25) is 4.79 Å². The van der Waals surface area contributed by atoms with E-state index in [-0.39, 0.29) is 11.9 Å². The van der Waals surface area contributed by atoms with Gasteiger partial charge < -0.3 is 10.6 Å². The third kappa shape index (κ3) is 1.80. The first-order chi connectivity index (χ1) is 7.72. The number of nitrogens with two attached hydrogens (primary N) is 1. The number of nitriles is 1. The highest BCUT2D eigenvalue weighted by atomic mass is 16.1. The number of primary amides is 1. The van der Waals surface area contributed by atoms with Crippen molar-refractivity contribution >= 4 is 11.9 Å². The van der Waals surface area contributed by atoms with E-state index in [0.29, 0.717) is 18.2 Å². The molecule has 2 N–H and O–H groups in total. The van der Waals surface area contributed by atoms with Crippen molar-refractivity contribution in [2.75, 3.05) is 11.4 Å². The molecular weight excluding hydrogens is 206 g/mol. The smallest absolute Gasteiger partial charge is 0.240 e. The summed E-state index contributed by atoms with van der Waals surface area (Å²) in [6.45, 7) is 0.697. The molecule has 1 aromatic rings. The van der Waals surface area contributed by atoms with Crippen molar-refractivity contribution in [2.24, 2.45) is 5.73 Å². The van der Waals surface area contributed by atoms with Gasteiger partial charge in [0, 0.05) is 12.7 Å². The molecule has 1 aliphatic heterocycles. The van der Waals surface area contributed by atoms with Gasteiger partial charge in [-0.25, -0.2) is 9.97 Å². The number of hydrogen-bond donors (Lipinski definition) is 1. The van der Waals surface area contributed by atoms with Gasteiger partial charge in [-0.1, -0.05) is 0 Å². The Morgan fingerprint density at radius 2 is 2.50 bits per heavy atom. The lowest BCUT2D eigenvalue weighted by molar-refractivity contribution is -0.119. The van der Waals surface area contributed by atoms with E-state index in [9.17, 15) is 4.79 Å². The monoisotopic (exact) mass is 217 g/mol. The van der Waals surface area contributed by atoms with Crippen molar-refractivity contribution in [3.05, 3.63) is 18.0 Å². The molecule has 6 heteroatoms. The van der Waals surface area contributed by atoms with Crippen LogP contribution >= 0.6 is 0 Å². The van der Waals surface area contributed by atoms with Gasteiger partial charge in [-0.15, -0.1) is 0 Å². The molecule has 1 saturated heterocycles. The second-order valence-corrected chi connectivity index (χ2v) is 3.61. The molecule has 6 nitrogen and oxygen atoms in total. The summed E-state index contributed by atoms with van der Waals surface area (Å²) in [6, 6.07) is 3.11. The fraction of sp³-hybridized carbons (Fsp3) is 0.400. The van der Waals surface area contributed by atoms with Gasteiger partial charge in [0.05, 0.1) is 0 Å². The topological polar surface area (TPSA) is 95.9 Å². The van der Waals surface area contributed by atoms with E-state index in [4.69, 9.17) is 11.0 Å². The number of amides is 1. The molecule has 2 rings (SSSR count). The number of carbonyl (C=O) groups excluding carboxylic acids is 1. The van der Waals surface area contributed by atoms with Crippen molar-refractivity contribution in [3.8, 4) is 6.07 Å². The lowest BCUT2D eigenvalue weighted by Gasteiger charge is -2.21. The van der Waals surface area contributed by atoms with Crippen molar-refractivity contribution in [2.45, 2.75) is 18.9 Å². The van der Waals surface area contributed by atoms with Gasteiger partial charge >= 0.3 is 0 Å². The molecule has 0 radical (unpaired) electrons. The summed E-state index contributed by atoms with van der Waals surface area (Å²) in [5.41, 5.74) is 5.59. The highest BCUT2D eigenvalue weighted by Crippen LogP contribution is 2.21. The molecular formula is C10H11N5O. The normalized spacial score (nSPS) is 19.4. The van der Waals surface area contributed by atoms with Gasteiger partial charge in [0.15, 0.2) is 0 Å². The second kappa shape index (κ2) is 4.14. The van der Waals surface area contributed by atoms with Crippen molar-refractivity contribution in [1.29, 1.82) is 5.26 Å². The predicted molar refractivity (Wildman–Crippen MR) is 56.3 cm³/mol. The van der Waals surface area contributed by atoms with Crippen LogP contribution in [0.3, 0.4) is 0 Å². The summed E-state index contributed by atoms with van der Waals surface area (Å²) < 4.78 is 0. The van der Waals surface area contributed by atoms with Crippen molar-refractivity contribution in [1.82, 2.24) is 9.97 Å².